The number of carbonyl (C=O) groups is 2. The second kappa shape index (κ2) is 7.81. The molecule has 0 aliphatic heterocycles. The molecule has 1 N–H and O–H groups in total. The van der Waals surface area contributed by atoms with Crippen molar-refractivity contribution in [1.82, 2.24) is 5.32 Å². The molecule has 0 radical (unpaired) electrons. The minimum absolute atomic E-state index is 0.439. The van der Waals surface area contributed by atoms with Crippen LogP contribution >= 0.6 is 0 Å². The highest BCUT2D eigenvalue weighted by Crippen LogP contribution is 2.21. The van der Waals surface area contributed by atoms with Crippen molar-refractivity contribution in [3.8, 4) is 0 Å². The van der Waals surface area contributed by atoms with E-state index in [-0.39, 0.29) is 0 Å². The average molecular weight is 328 g/mol. The maximum Gasteiger partial charge on any atom is 0.407 e. The zero-order valence-electron chi connectivity index (χ0n) is 14.4. The maximum atomic E-state index is 11.6. The molecule has 0 aromatic heterocycles. The predicted molar refractivity (Wildman–Crippen MR) is 96.2 cm³/mol. The minimum atomic E-state index is -0.510. The molecule has 0 atom stereocenters. The summed E-state index contributed by atoms with van der Waals surface area (Å²) in [5, 5.41) is 4.93. The smallest absolute Gasteiger partial charge is 0.407 e. The van der Waals surface area contributed by atoms with E-state index in [9.17, 15) is 9.59 Å². The number of carbonyl (C=O) groups excluding carboxylic acids is 2. The van der Waals surface area contributed by atoms with Gasteiger partial charge in [0.2, 0.25) is 6.41 Å². The summed E-state index contributed by atoms with van der Waals surface area (Å²) in [6.07, 6.45) is 1.02. The van der Waals surface area contributed by atoms with Gasteiger partial charge in [-0.05, 0) is 50.1 Å². The fourth-order valence-corrected chi connectivity index (χ4v) is 2.35. The maximum absolute atomic E-state index is 11.6. The largest absolute Gasteiger partial charge is 0.444 e. The first-order valence-corrected chi connectivity index (χ1v) is 8.07. The van der Waals surface area contributed by atoms with Crippen LogP contribution in [0.3, 0.4) is 0 Å². The molecule has 24 heavy (non-hydrogen) atoms. The molecule has 5 heteroatoms. The summed E-state index contributed by atoms with van der Waals surface area (Å²) in [6, 6.07) is 13.9. The molecule has 2 amide bonds. The number of fused-ring (bicyclic) bond motifs is 1. The molecule has 5 nitrogen and oxygen atoms in total. The van der Waals surface area contributed by atoms with Crippen molar-refractivity contribution < 1.29 is 14.3 Å². The van der Waals surface area contributed by atoms with Gasteiger partial charge in [-0.1, -0.05) is 30.3 Å². The number of amides is 2. The number of rotatable bonds is 6. The van der Waals surface area contributed by atoms with E-state index in [1.807, 2.05) is 63.2 Å². The summed E-state index contributed by atoms with van der Waals surface area (Å²) in [4.78, 5) is 24.6. The van der Waals surface area contributed by atoms with E-state index in [0.29, 0.717) is 19.5 Å². The minimum Gasteiger partial charge on any atom is -0.444 e. The summed E-state index contributed by atoms with van der Waals surface area (Å²) in [6.45, 7) is 6.44. The Kier molecular flexibility index (Phi) is 5.79. The van der Waals surface area contributed by atoms with Gasteiger partial charge in [0.15, 0.2) is 0 Å². The molecule has 2 aromatic carbocycles. The van der Waals surface area contributed by atoms with Crippen molar-refractivity contribution >= 4 is 29.0 Å². The van der Waals surface area contributed by atoms with Crippen LogP contribution in [0.2, 0.25) is 0 Å². The monoisotopic (exact) mass is 328 g/mol. The lowest BCUT2D eigenvalue weighted by Gasteiger charge is -2.20. The third kappa shape index (κ3) is 5.26. The molecule has 128 valence electrons. The molecular weight excluding hydrogens is 304 g/mol. The van der Waals surface area contributed by atoms with Crippen LogP contribution in [0, 0.1) is 0 Å². The fourth-order valence-electron chi connectivity index (χ4n) is 2.35. The number of hydrogen-bond donors (Lipinski definition) is 1. The first kappa shape index (κ1) is 17.8. The number of benzene rings is 2. The van der Waals surface area contributed by atoms with E-state index < -0.39 is 11.7 Å². The van der Waals surface area contributed by atoms with Crippen LogP contribution in [0.1, 0.15) is 27.2 Å². The zero-order valence-corrected chi connectivity index (χ0v) is 14.4. The van der Waals surface area contributed by atoms with Crippen LogP contribution in [-0.4, -0.2) is 31.2 Å². The zero-order chi connectivity index (χ0) is 17.6. The van der Waals surface area contributed by atoms with Crippen molar-refractivity contribution in [2.24, 2.45) is 0 Å². The SMILES string of the molecule is CC(C)(C)OC(=O)NCCCN(C=O)c1ccc2ccccc2c1. The van der Waals surface area contributed by atoms with E-state index in [1.165, 1.54) is 0 Å². The van der Waals surface area contributed by atoms with Gasteiger partial charge in [0.25, 0.3) is 0 Å². The van der Waals surface area contributed by atoms with Gasteiger partial charge in [-0.2, -0.15) is 0 Å². The third-order valence-electron chi connectivity index (χ3n) is 3.44. The third-order valence-corrected chi connectivity index (χ3v) is 3.44. The molecule has 0 bridgehead atoms. The molecule has 0 saturated carbocycles. The van der Waals surface area contributed by atoms with Crippen LogP contribution in [-0.2, 0) is 9.53 Å². The van der Waals surface area contributed by atoms with E-state index in [2.05, 4.69) is 5.32 Å². The van der Waals surface area contributed by atoms with Crippen LogP contribution in [0.15, 0.2) is 42.5 Å². The van der Waals surface area contributed by atoms with Gasteiger partial charge in [-0.25, -0.2) is 4.79 Å². The molecule has 0 saturated heterocycles. The molecule has 0 fully saturated rings. The molecule has 2 rings (SSSR count). The van der Waals surface area contributed by atoms with Gasteiger partial charge in [0.1, 0.15) is 5.60 Å². The Morgan fingerprint density at radius 1 is 1.17 bits per heavy atom. The fraction of sp³-hybridized carbons (Fsp3) is 0.368. The van der Waals surface area contributed by atoms with Crippen LogP contribution < -0.4 is 10.2 Å². The Morgan fingerprint density at radius 3 is 2.54 bits per heavy atom. The topological polar surface area (TPSA) is 58.6 Å². The van der Waals surface area contributed by atoms with Crippen molar-refractivity contribution in [1.29, 1.82) is 0 Å². The van der Waals surface area contributed by atoms with Crippen molar-refractivity contribution in [2.75, 3.05) is 18.0 Å². The van der Waals surface area contributed by atoms with Crippen molar-refractivity contribution in [3.63, 3.8) is 0 Å². The Labute approximate surface area is 142 Å². The summed E-state index contributed by atoms with van der Waals surface area (Å²) in [5.41, 5.74) is 0.338. The van der Waals surface area contributed by atoms with Gasteiger partial charge in [-0.3, -0.25) is 4.79 Å². The lowest BCUT2D eigenvalue weighted by Crippen LogP contribution is -2.34. The normalized spacial score (nSPS) is 11.1. The van der Waals surface area contributed by atoms with Gasteiger partial charge < -0.3 is 15.0 Å². The van der Waals surface area contributed by atoms with Crippen LogP contribution in [0.4, 0.5) is 10.5 Å². The van der Waals surface area contributed by atoms with E-state index >= 15 is 0 Å². The molecule has 0 aliphatic rings. The van der Waals surface area contributed by atoms with Gasteiger partial charge in [0, 0.05) is 18.8 Å². The molecule has 0 spiro atoms. The summed E-state index contributed by atoms with van der Waals surface area (Å²) < 4.78 is 5.17. The Bertz CT molecular complexity index is 707. The standard InChI is InChI=1S/C19H24N2O3/c1-19(2,3)24-18(23)20-11-6-12-21(14-22)17-10-9-15-7-4-5-8-16(15)13-17/h4-5,7-10,13-14H,6,11-12H2,1-3H3,(H,20,23). The van der Waals surface area contributed by atoms with Gasteiger partial charge in [-0.15, -0.1) is 0 Å². The number of alkyl carbamates (subject to hydrolysis) is 1. The number of anilines is 1. The molecule has 0 heterocycles. The predicted octanol–water partition coefficient (Wildman–Crippen LogP) is 3.72. The van der Waals surface area contributed by atoms with E-state index in [4.69, 9.17) is 4.74 Å². The summed E-state index contributed by atoms with van der Waals surface area (Å²) in [7, 11) is 0. The molecule has 2 aromatic rings. The summed E-state index contributed by atoms with van der Waals surface area (Å²) >= 11 is 0. The first-order chi connectivity index (χ1) is 11.4. The van der Waals surface area contributed by atoms with Gasteiger partial charge >= 0.3 is 6.09 Å². The quantitative estimate of drug-likeness (QED) is 0.649. The van der Waals surface area contributed by atoms with Crippen LogP contribution in [0.5, 0.6) is 0 Å². The summed E-state index contributed by atoms with van der Waals surface area (Å²) in [5.74, 6) is 0. The number of nitrogens with one attached hydrogen (secondary N) is 1. The van der Waals surface area contributed by atoms with Crippen LogP contribution in [0.25, 0.3) is 10.8 Å². The molecule has 0 unspecified atom stereocenters. The highest BCUT2D eigenvalue weighted by molar-refractivity contribution is 5.88. The average Bonchev–Trinajstić information content (AvgIpc) is 2.53. The lowest BCUT2D eigenvalue weighted by molar-refractivity contribution is -0.107. The highest BCUT2D eigenvalue weighted by atomic mass is 16.6. The Balaban J connectivity index is 1.87. The Hall–Kier alpha value is -2.56. The number of ether oxygens (including phenoxy) is 1. The molecule has 0 aliphatic carbocycles. The van der Waals surface area contributed by atoms with Crippen molar-refractivity contribution in [3.05, 3.63) is 42.5 Å². The van der Waals surface area contributed by atoms with E-state index in [0.717, 1.165) is 22.9 Å². The highest BCUT2D eigenvalue weighted by Gasteiger charge is 2.15. The van der Waals surface area contributed by atoms with E-state index in [1.54, 1.807) is 4.90 Å². The second-order valence-corrected chi connectivity index (χ2v) is 6.61. The van der Waals surface area contributed by atoms with Gasteiger partial charge in [0.05, 0.1) is 0 Å². The number of hydrogen-bond acceptors (Lipinski definition) is 3. The van der Waals surface area contributed by atoms with Crippen molar-refractivity contribution in [2.45, 2.75) is 32.8 Å². The first-order valence-electron chi connectivity index (χ1n) is 8.07. The number of nitrogens with zero attached hydrogens (tertiary/aromatic N) is 1. The lowest BCUT2D eigenvalue weighted by atomic mass is 10.1. The second-order valence-electron chi connectivity index (χ2n) is 6.61. The molecular formula is C19H24N2O3. The Morgan fingerprint density at radius 2 is 1.88 bits per heavy atom.